The molecule has 3 aromatic rings. The second-order valence-electron chi connectivity index (χ2n) is 7.65. The van der Waals surface area contributed by atoms with Crippen LogP contribution in [-0.2, 0) is 6.54 Å². The first kappa shape index (κ1) is 18.7. The van der Waals surface area contributed by atoms with E-state index in [1.807, 2.05) is 6.07 Å². The van der Waals surface area contributed by atoms with E-state index in [1.54, 1.807) is 16.9 Å². The molecule has 0 aliphatic carbocycles. The van der Waals surface area contributed by atoms with Crippen molar-refractivity contribution in [3.8, 4) is 5.75 Å². The maximum absolute atomic E-state index is 5.54. The maximum Gasteiger partial charge on any atom is 0.139 e. The standard InChI is InChI=1S/C25H28N2O/c1-28-24-15-9-8-14-23(24)20-26-16-18-27(19-17-26)25(21-10-4-2-5-11-21)22-12-6-3-7-13-22/h2-15,25H,16-20H2,1H3/p+2. The van der Waals surface area contributed by atoms with Gasteiger partial charge in [0, 0.05) is 16.7 Å². The molecule has 0 bridgehead atoms. The van der Waals surface area contributed by atoms with Crippen molar-refractivity contribution < 1.29 is 14.5 Å². The molecule has 1 aliphatic rings. The molecule has 0 radical (unpaired) electrons. The van der Waals surface area contributed by atoms with E-state index in [-0.39, 0.29) is 0 Å². The molecule has 0 aromatic heterocycles. The van der Waals surface area contributed by atoms with Gasteiger partial charge in [0.25, 0.3) is 0 Å². The van der Waals surface area contributed by atoms with Crippen molar-refractivity contribution in [3.63, 3.8) is 0 Å². The minimum absolute atomic E-state index is 0.412. The molecule has 2 N–H and O–H groups in total. The maximum atomic E-state index is 5.54. The number of rotatable bonds is 6. The summed E-state index contributed by atoms with van der Waals surface area (Å²) in [7, 11) is 1.76. The van der Waals surface area contributed by atoms with Crippen LogP contribution in [0.25, 0.3) is 0 Å². The van der Waals surface area contributed by atoms with Crippen molar-refractivity contribution in [2.24, 2.45) is 0 Å². The van der Waals surface area contributed by atoms with Crippen LogP contribution in [0.5, 0.6) is 5.75 Å². The molecule has 144 valence electrons. The Labute approximate surface area is 168 Å². The molecule has 3 nitrogen and oxygen atoms in total. The van der Waals surface area contributed by atoms with Gasteiger partial charge in [0.1, 0.15) is 44.5 Å². The molecular weight excluding hydrogens is 344 g/mol. The zero-order valence-electron chi connectivity index (χ0n) is 16.6. The van der Waals surface area contributed by atoms with Gasteiger partial charge >= 0.3 is 0 Å². The Morgan fingerprint density at radius 2 is 1.25 bits per heavy atom. The topological polar surface area (TPSA) is 18.1 Å². The highest BCUT2D eigenvalue weighted by Gasteiger charge is 2.31. The van der Waals surface area contributed by atoms with Gasteiger partial charge in [-0.25, -0.2) is 0 Å². The Kier molecular flexibility index (Phi) is 6.05. The summed E-state index contributed by atoms with van der Waals surface area (Å²) in [6, 6.07) is 30.8. The lowest BCUT2D eigenvalue weighted by molar-refractivity contribution is -1.03. The van der Waals surface area contributed by atoms with E-state index >= 15 is 0 Å². The van der Waals surface area contributed by atoms with Gasteiger partial charge in [0.05, 0.1) is 7.11 Å². The molecule has 3 heteroatoms. The second kappa shape index (κ2) is 9.05. The molecule has 1 aliphatic heterocycles. The summed E-state index contributed by atoms with van der Waals surface area (Å²) in [6.07, 6.45) is 0. The van der Waals surface area contributed by atoms with Gasteiger partial charge in [-0.15, -0.1) is 0 Å². The van der Waals surface area contributed by atoms with E-state index in [4.69, 9.17) is 4.74 Å². The summed E-state index contributed by atoms with van der Waals surface area (Å²) < 4.78 is 5.54. The number of hydrogen-bond acceptors (Lipinski definition) is 1. The van der Waals surface area contributed by atoms with Gasteiger partial charge in [-0.3, -0.25) is 0 Å². The summed E-state index contributed by atoms with van der Waals surface area (Å²) in [5, 5.41) is 0. The third-order valence-electron chi connectivity index (χ3n) is 5.91. The molecule has 0 saturated carbocycles. The highest BCUT2D eigenvalue weighted by molar-refractivity contribution is 5.32. The molecule has 0 amide bonds. The summed E-state index contributed by atoms with van der Waals surface area (Å²) in [5.41, 5.74) is 4.14. The van der Waals surface area contributed by atoms with E-state index in [2.05, 4.69) is 78.9 Å². The summed E-state index contributed by atoms with van der Waals surface area (Å²) >= 11 is 0. The van der Waals surface area contributed by atoms with E-state index < -0.39 is 0 Å². The van der Waals surface area contributed by atoms with Gasteiger partial charge < -0.3 is 14.5 Å². The molecular formula is C25H30N2O+2. The first-order valence-electron chi connectivity index (χ1n) is 10.2. The Hall–Kier alpha value is -2.62. The van der Waals surface area contributed by atoms with Crippen LogP contribution in [-0.4, -0.2) is 33.3 Å². The first-order valence-corrected chi connectivity index (χ1v) is 10.2. The van der Waals surface area contributed by atoms with Crippen LogP contribution in [0.1, 0.15) is 22.7 Å². The van der Waals surface area contributed by atoms with Crippen LogP contribution < -0.4 is 14.5 Å². The smallest absolute Gasteiger partial charge is 0.139 e. The minimum Gasteiger partial charge on any atom is -0.496 e. The molecule has 1 heterocycles. The lowest BCUT2D eigenvalue weighted by Gasteiger charge is -2.35. The van der Waals surface area contributed by atoms with Gasteiger partial charge in [-0.05, 0) is 12.1 Å². The lowest BCUT2D eigenvalue weighted by atomic mass is 9.96. The molecule has 1 saturated heterocycles. The number of hydrogen-bond donors (Lipinski definition) is 2. The predicted molar refractivity (Wildman–Crippen MR) is 113 cm³/mol. The fraction of sp³-hybridized carbons (Fsp3) is 0.280. The van der Waals surface area contributed by atoms with E-state index in [9.17, 15) is 0 Å². The number of methoxy groups -OCH3 is 1. The van der Waals surface area contributed by atoms with Crippen LogP contribution in [0.4, 0.5) is 0 Å². The Morgan fingerprint density at radius 3 is 1.82 bits per heavy atom. The fourth-order valence-electron chi connectivity index (χ4n) is 4.46. The second-order valence-corrected chi connectivity index (χ2v) is 7.65. The van der Waals surface area contributed by atoms with Crippen molar-refractivity contribution in [1.29, 1.82) is 0 Å². The molecule has 3 aromatic carbocycles. The average molecular weight is 375 g/mol. The average Bonchev–Trinajstić information content (AvgIpc) is 2.77. The van der Waals surface area contributed by atoms with Gasteiger partial charge in [0.15, 0.2) is 0 Å². The first-order chi connectivity index (χ1) is 13.8. The Bertz CT molecular complexity index is 818. The van der Waals surface area contributed by atoms with Crippen molar-refractivity contribution in [2.75, 3.05) is 33.3 Å². The van der Waals surface area contributed by atoms with Crippen molar-refractivity contribution in [3.05, 3.63) is 102 Å². The minimum atomic E-state index is 0.412. The van der Waals surface area contributed by atoms with Gasteiger partial charge in [-0.1, -0.05) is 72.8 Å². The van der Waals surface area contributed by atoms with Crippen LogP contribution in [0, 0.1) is 0 Å². The van der Waals surface area contributed by atoms with Gasteiger partial charge in [0.2, 0.25) is 0 Å². The summed E-state index contributed by atoms with van der Waals surface area (Å²) in [4.78, 5) is 3.31. The monoisotopic (exact) mass is 374 g/mol. The van der Waals surface area contributed by atoms with Crippen molar-refractivity contribution in [2.45, 2.75) is 12.6 Å². The number of piperazine rings is 1. The molecule has 4 rings (SSSR count). The quantitative estimate of drug-likeness (QED) is 0.673. The number of nitrogens with one attached hydrogen (secondary N) is 2. The number of benzene rings is 3. The molecule has 0 unspecified atom stereocenters. The highest BCUT2D eigenvalue weighted by atomic mass is 16.5. The largest absolute Gasteiger partial charge is 0.496 e. The fourth-order valence-corrected chi connectivity index (χ4v) is 4.46. The predicted octanol–water partition coefficient (Wildman–Crippen LogP) is 1.77. The third kappa shape index (κ3) is 4.27. The lowest BCUT2D eigenvalue weighted by Crippen LogP contribution is -3.27. The zero-order valence-corrected chi connectivity index (χ0v) is 16.6. The molecule has 1 fully saturated rings. The van der Waals surface area contributed by atoms with E-state index in [0.717, 1.165) is 12.3 Å². The van der Waals surface area contributed by atoms with Crippen LogP contribution in [0.2, 0.25) is 0 Å². The van der Waals surface area contributed by atoms with Crippen LogP contribution in [0.3, 0.4) is 0 Å². The van der Waals surface area contributed by atoms with E-state index in [1.165, 1.54) is 42.9 Å². The zero-order chi connectivity index (χ0) is 19.2. The molecule has 0 spiro atoms. The van der Waals surface area contributed by atoms with E-state index in [0.29, 0.717) is 6.04 Å². The van der Waals surface area contributed by atoms with Crippen molar-refractivity contribution >= 4 is 0 Å². The highest BCUT2D eigenvalue weighted by Crippen LogP contribution is 2.19. The third-order valence-corrected chi connectivity index (χ3v) is 5.91. The number of quaternary nitrogens is 2. The summed E-state index contributed by atoms with van der Waals surface area (Å²) in [6.45, 7) is 5.77. The number of para-hydroxylation sites is 1. The Balaban J connectivity index is 1.47. The van der Waals surface area contributed by atoms with Crippen molar-refractivity contribution in [1.82, 2.24) is 0 Å². The SMILES string of the molecule is COc1ccccc1C[NH+]1CC[NH+](C(c2ccccc2)c2ccccc2)CC1. The molecule has 28 heavy (non-hydrogen) atoms. The summed E-state index contributed by atoms with van der Waals surface area (Å²) in [5.74, 6) is 1.01. The number of ether oxygens (including phenoxy) is 1. The van der Waals surface area contributed by atoms with Gasteiger partial charge in [-0.2, -0.15) is 0 Å². The Morgan fingerprint density at radius 1 is 0.714 bits per heavy atom. The molecule has 0 atom stereocenters. The van der Waals surface area contributed by atoms with Crippen LogP contribution in [0.15, 0.2) is 84.9 Å². The normalized spacial score (nSPS) is 19.5. The van der Waals surface area contributed by atoms with Crippen LogP contribution >= 0.6 is 0 Å².